The largest absolute Gasteiger partial charge is 0.312 e. The van der Waals surface area contributed by atoms with Crippen LogP contribution in [0.2, 0.25) is 0 Å². The number of nitrogens with one attached hydrogen (secondary N) is 1. The molecule has 2 aliphatic heterocycles. The van der Waals surface area contributed by atoms with Crippen LogP contribution in [0.15, 0.2) is 0 Å². The first-order chi connectivity index (χ1) is 8.31. The normalized spacial score (nSPS) is 43.6. The van der Waals surface area contributed by atoms with Gasteiger partial charge in [0.25, 0.3) is 0 Å². The molecule has 2 heteroatoms. The molecule has 17 heavy (non-hydrogen) atoms. The van der Waals surface area contributed by atoms with E-state index in [-0.39, 0.29) is 0 Å². The smallest absolute Gasteiger partial charge is 0.0220 e. The van der Waals surface area contributed by atoms with Crippen molar-refractivity contribution in [2.24, 2.45) is 17.8 Å². The van der Waals surface area contributed by atoms with Crippen LogP contribution < -0.4 is 5.32 Å². The van der Waals surface area contributed by atoms with Gasteiger partial charge in [0.1, 0.15) is 0 Å². The van der Waals surface area contributed by atoms with E-state index in [0.29, 0.717) is 0 Å². The molecule has 2 heterocycles. The maximum atomic E-state index is 3.74. The average molecular weight is 236 g/mol. The Morgan fingerprint density at radius 3 is 2.53 bits per heavy atom. The fourth-order valence-electron chi connectivity index (χ4n) is 4.32. The highest BCUT2D eigenvalue weighted by molar-refractivity contribution is 4.87. The van der Waals surface area contributed by atoms with E-state index in [1.54, 1.807) is 0 Å². The molecule has 0 amide bonds. The van der Waals surface area contributed by atoms with Crippen LogP contribution in [-0.4, -0.2) is 37.1 Å². The first kappa shape index (κ1) is 12.0. The van der Waals surface area contributed by atoms with E-state index in [1.807, 2.05) is 0 Å². The molecule has 1 saturated carbocycles. The lowest BCUT2D eigenvalue weighted by atomic mass is 9.77. The van der Waals surface area contributed by atoms with Crippen molar-refractivity contribution in [3.8, 4) is 0 Å². The van der Waals surface area contributed by atoms with Crippen molar-refractivity contribution in [2.45, 2.75) is 51.5 Å². The quantitative estimate of drug-likeness (QED) is 0.792. The summed E-state index contributed by atoms with van der Waals surface area (Å²) in [6.07, 6.45) is 8.84. The highest BCUT2D eigenvalue weighted by Crippen LogP contribution is 2.34. The van der Waals surface area contributed by atoms with E-state index >= 15 is 0 Å². The number of nitrogens with zero attached hydrogens (tertiary/aromatic N) is 1. The molecule has 98 valence electrons. The average Bonchev–Trinajstić information content (AvgIpc) is 2.32. The Balaban J connectivity index is 1.54. The van der Waals surface area contributed by atoms with Crippen molar-refractivity contribution in [3.05, 3.63) is 0 Å². The van der Waals surface area contributed by atoms with E-state index in [2.05, 4.69) is 17.1 Å². The van der Waals surface area contributed by atoms with Crippen LogP contribution in [0.25, 0.3) is 0 Å². The van der Waals surface area contributed by atoms with Gasteiger partial charge in [-0.05, 0) is 56.4 Å². The molecule has 3 aliphatic rings. The van der Waals surface area contributed by atoms with Crippen molar-refractivity contribution < 1.29 is 0 Å². The van der Waals surface area contributed by atoms with Crippen LogP contribution in [-0.2, 0) is 0 Å². The number of piperidine rings is 2. The third-order valence-corrected chi connectivity index (χ3v) is 5.31. The monoisotopic (exact) mass is 236 g/mol. The van der Waals surface area contributed by atoms with Gasteiger partial charge in [-0.25, -0.2) is 0 Å². The van der Waals surface area contributed by atoms with Crippen LogP contribution in [0.1, 0.15) is 45.4 Å². The predicted molar refractivity (Wildman–Crippen MR) is 72.1 cm³/mol. The van der Waals surface area contributed by atoms with Crippen LogP contribution in [0.3, 0.4) is 0 Å². The Kier molecular flexibility index (Phi) is 3.72. The molecular formula is C15H28N2. The molecule has 2 bridgehead atoms. The summed E-state index contributed by atoms with van der Waals surface area (Å²) in [7, 11) is 0. The fourth-order valence-corrected chi connectivity index (χ4v) is 4.32. The lowest BCUT2D eigenvalue weighted by molar-refractivity contribution is 0.0688. The van der Waals surface area contributed by atoms with E-state index in [9.17, 15) is 0 Å². The zero-order chi connectivity index (χ0) is 11.7. The van der Waals surface area contributed by atoms with Crippen LogP contribution in [0.5, 0.6) is 0 Å². The van der Waals surface area contributed by atoms with Gasteiger partial charge in [-0.1, -0.05) is 13.3 Å². The summed E-state index contributed by atoms with van der Waals surface area (Å²) in [5, 5.41) is 3.74. The lowest BCUT2D eigenvalue weighted by Crippen LogP contribution is -2.52. The van der Waals surface area contributed by atoms with Crippen LogP contribution in [0, 0.1) is 17.8 Å². The van der Waals surface area contributed by atoms with Crippen molar-refractivity contribution in [1.29, 1.82) is 0 Å². The Morgan fingerprint density at radius 1 is 1.06 bits per heavy atom. The SMILES string of the molecule is CC1CCCNC1CN1CC2CCCC(C2)C1. The fraction of sp³-hybridized carbons (Fsp3) is 1.00. The van der Waals surface area contributed by atoms with Crippen molar-refractivity contribution in [2.75, 3.05) is 26.2 Å². The first-order valence-electron chi connectivity index (χ1n) is 7.77. The Labute approximate surface area is 106 Å². The minimum absolute atomic E-state index is 0.766. The number of likely N-dealkylation sites (tertiary alicyclic amines) is 1. The molecule has 2 saturated heterocycles. The topological polar surface area (TPSA) is 15.3 Å². The Morgan fingerprint density at radius 2 is 1.82 bits per heavy atom. The first-order valence-corrected chi connectivity index (χ1v) is 7.77. The van der Waals surface area contributed by atoms with Gasteiger partial charge < -0.3 is 10.2 Å². The van der Waals surface area contributed by atoms with Gasteiger partial charge in [-0.2, -0.15) is 0 Å². The minimum atomic E-state index is 0.766. The summed E-state index contributed by atoms with van der Waals surface area (Å²) in [4.78, 5) is 2.78. The lowest BCUT2D eigenvalue weighted by Gasteiger charge is -2.44. The molecule has 2 nitrogen and oxygen atoms in total. The van der Waals surface area contributed by atoms with Crippen molar-refractivity contribution in [1.82, 2.24) is 10.2 Å². The number of rotatable bonds is 2. The second-order valence-corrected chi connectivity index (χ2v) is 6.80. The zero-order valence-electron chi connectivity index (χ0n) is 11.3. The summed E-state index contributed by atoms with van der Waals surface area (Å²) in [6.45, 7) is 7.77. The van der Waals surface area contributed by atoms with Gasteiger partial charge in [0, 0.05) is 25.7 Å². The molecule has 0 aromatic rings. The zero-order valence-corrected chi connectivity index (χ0v) is 11.3. The van der Waals surface area contributed by atoms with Crippen LogP contribution >= 0.6 is 0 Å². The molecule has 0 aromatic carbocycles. The summed E-state index contributed by atoms with van der Waals surface area (Å²) in [6, 6.07) is 0.766. The molecule has 1 N–H and O–H groups in total. The summed E-state index contributed by atoms with van der Waals surface area (Å²) in [5.41, 5.74) is 0. The van der Waals surface area contributed by atoms with E-state index < -0.39 is 0 Å². The molecular weight excluding hydrogens is 208 g/mol. The molecule has 3 rings (SSSR count). The molecule has 4 atom stereocenters. The van der Waals surface area contributed by atoms with Gasteiger partial charge in [0.05, 0.1) is 0 Å². The molecule has 0 aromatic heterocycles. The van der Waals surface area contributed by atoms with Gasteiger partial charge in [0.2, 0.25) is 0 Å². The molecule has 1 aliphatic carbocycles. The predicted octanol–water partition coefficient (Wildman–Crippen LogP) is 2.50. The van der Waals surface area contributed by atoms with Crippen LogP contribution in [0.4, 0.5) is 0 Å². The van der Waals surface area contributed by atoms with Gasteiger partial charge in [0.15, 0.2) is 0 Å². The van der Waals surface area contributed by atoms with Crippen molar-refractivity contribution >= 4 is 0 Å². The van der Waals surface area contributed by atoms with E-state index in [0.717, 1.165) is 23.8 Å². The number of hydrogen-bond donors (Lipinski definition) is 1. The van der Waals surface area contributed by atoms with E-state index in [4.69, 9.17) is 0 Å². The minimum Gasteiger partial charge on any atom is -0.312 e. The Hall–Kier alpha value is -0.0800. The van der Waals surface area contributed by atoms with E-state index in [1.165, 1.54) is 64.7 Å². The molecule has 0 radical (unpaired) electrons. The number of fused-ring (bicyclic) bond motifs is 2. The highest BCUT2D eigenvalue weighted by atomic mass is 15.2. The highest BCUT2D eigenvalue weighted by Gasteiger charge is 2.32. The maximum Gasteiger partial charge on any atom is 0.0220 e. The number of hydrogen-bond acceptors (Lipinski definition) is 2. The summed E-state index contributed by atoms with van der Waals surface area (Å²) < 4.78 is 0. The van der Waals surface area contributed by atoms with Gasteiger partial charge >= 0.3 is 0 Å². The van der Waals surface area contributed by atoms with Gasteiger partial charge in [-0.15, -0.1) is 0 Å². The maximum absolute atomic E-state index is 3.74. The standard InChI is InChI=1S/C15H28N2/c1-12-4-3-7-16-15(12)11-17-9-13-5-2-6-14(8-13)10-17/h12-16H,2-11H2,1H3. The molecule has 3 fully saturated rings. The summed E-state index contributed by atoms with van der Waals surface area (Å²) >= 11 is 0. The van der Waals surface area contributed by atoms with Gasteiger partial charge in [-0.3, -0.25) is 0 Å². The second-order valence-electron chi connectivity index (χ2n) is 6.80. The summed E-state index contributed by atoms with van der Waals surface area (Å²) in [5.74, 6) is 2.94. The van der Waals surface area contributed by atoms with Crippen molar-refractivity contribution in [3.63, 3.8) is 0 Å². The molecule has 0 spiro atoms. The third kappa shape index (κ3) is 2.85. The third-order valence-electron chi connectivity index (χ3n) is 5.31. The Bertz CT molecular complexity index is 241. The molecule has 4 unspecified atom stereocenters. The second kappa shape index (κ2) is 5.27.